The molecule has 156 valence electrons. The van der Waals surface area contributed by atoms with Crippen LogP contribution in [0, 0.1) is 5.41 Å². The first-order valence-electron chi connectivity index (χ1n) is 11.2. The molecule has 3 aliphatic rings. The molecule has 4 rings (SSSR count). The fourth-order valence-corrected chi connectivity index (χ4v) is 5.28. The summed E-state index contributed by atoms with van der Waals surface area (Å²) < 4.78 is 0. The molecule has 0 radical (unpaired) electrons. The third-order valence-corrected chi connectivity index (χ3v) is 7.23. The molecule has 29 heavy (non-hydrogen) atoms. The molecule has 2 aliphatic heterocycles. The molecule has 0 bridgehead atoms. The van der Waals surface area contributed by atoms with Gasteiger partial charge < -0.3 is 4.90 Å². The van der Waals surface area contributed by atoms with Crippen molar-refractivity contribution in [1.29, 1.82) is 0 Å². The Balaban J connectivity index is 1.30. The molecule has 0 aromatic heterocycles. The minimum atomic E-state index is -0.889. The van der Waals surface area contributed by atoms with Gasteiger partial charge in [-0.2, -0.15) is 0 Å². The van der Waals surface area contributed by atoms with E-state index in [0.29, 0.717) is 5.92 Å². The van der Waals surface area contributed by atoms with Crippen LogP contribution in [0.2, 0.25) is 0 Å². The topological polar surface area (TPSA) is 66.5 Å². The Morgan fingerprint density at radius 1 is 0.966 bits per heavy atom. The van der Waals surface area contributed by atoms with Crippen molar-refractivity contribution in [2.45, 2.75) is 76.5 Å². The van der Waals surface area contributed by atoms with E-state index in [0.717, 1.165) is 31.8 Å². The summed E-state index contributed by atoms with van der Waals surface area (Å²) in [6.07, 6.45) is 8.87. The van der Waals surface area contributed by atoms with Crippen molar-refractivity contribution in [1.82, 2.24) is 10.2 Å². The summed E-state index contributed by atoms with van der Waals surface area (Å²) in [5, 5.41) is 2.32. The first-order valence-corrected chi connectivity index (χ1v) is 11.2. The fraction of sp³-hybridized carbons (Fsp3) is 0.625. The molecule has 1 aromatic rings. The Morgan fingerprint density at radius 2 is 1.52 bits per heavy atom. The number of nitrogens with one attached hydrogen (secondary N) is 1. The van der Waals surface area contributed by atoms with Gasteiger partial charge in [0.05, 0.1) is 5.41 Å². The smallest absolute Gasteiger partial charge is 0.233 e. The van der Waals surface area contributed by atoms with Crippen molar-refractivity contribution in [2.75, 3.05) is 13.1 Å². The van der Waals surface area contributed by atoms with Crippen LogP contribution >= 0.6 is 0 Å². The lowest BCUT2D eigenvalue weighted by Crippen LogP contribution is -2.41. The highest BCUT2D eigenvalue weighted by Crippen LogP contribution is 2.36. The third kappa shape index (κ3) is 4.39. The standard InChI is InChI=1S/C24H32N2O3/c1-24(15-21(27)25-23(24)29)16-22(28)26-13-11-20(12-14-26)19-9-7-18(8-10-19)17-5-3-2-4-6-17/h7-10,17,20H,2-6,11-16H2,1H3,(H,25,27,29). The van der Waals surface area contributed by atoms with E-state index in [1.807, 2.05) is 4.90 Å². The van der Waals surface area contributed by atoms with Crippen LogP contribution in [0.5, 0.6) is 0 Å². The zero-order valence-corrected chi connectivity index (χ0v) is 17.4. The van der Waals surface area contributed by atoms with Gasteiger partial charge in [-0.1, -0.05) is 43.5 Å². The van der Waals surface area contributed by atoms with Gasteiger partial charge in [-0.15, -0.1) is 0 Å². The minimum absolute atomic E-state index is 0.0107. The second kappa shape index (κ2) is 8.29. The van der Waals surface area contributed by atoms with E-state index in [2.05, 4.69) is 29.6 Å². The van der Waals surface area contributed by atoms with E-state index in [1.165, 1.54) is 43.2 Å². The van der Waals surface area contributed by atoms with Crippen LogP contribution in [0.25, 0.3) is 0 Å². The SMILES string of the molecule is CC1(CC(=O)N2CCC(c3ccc(C4CCCCC4)cc3)CC2)CC(=O)NC1=O. The zero-order valence-electron chi connectivity index (χ0n) is 17.4. The number of rotatable bonds is 4. The molecule has 5 nitrogen and oxygen atoms in total. The highest BCUT2D eigenvalue weighted by atomic mass is 16.2. The first-order chi connectivity index (χ1) is 13.9. The maximum absolute atomic E-state index is 12.7. The Bertz CT molecular complexity index is 774. The van der Waals surface area contributed by atoms with Crippen molar-refractivity contribution in [3.63, 3.8) is 0 Å². The molecule has 1 atom stereocenters. The Hall–Kier alpha value is -2.17. The number of amides is 3. The van der Waals surface area contributed by atoms with Gasteiger partial charge in [-0.3, -0.25) is 19.7 Å². The van der Waals surface area contributed by atoms with Gasteiger partial charge in [-0.05, 0) is 55.6 Å². The predicted molar refractivity (Wildman–Crippen MR) is 111 cm³/mol. The van der Waals surface area contributed by atoms with Crippen LogP contribution < -0.4 is 5.32 Å². The minimum Gasteiger partial charge on any atom is -0.343 e. The maximum Gasteiger partial charge on any atom is 0.233 e. The van der Waals surface area contributed by atoms with Crippen LogP contribution in [-0.2, 0) is 14.4 Å². The lowest BCUT2D eigenvalue weighted by atomic mass is 9.82. The molecule has 1 N–H and O–H groups in total. The number of hydrogen-bond donors (Lipinski definition) is 1. The second-order valence-corrected chi connectivity index (χ2v) is 9.45. The van der Waals surface area contributed by atoms with Gasteiger partial charge >= 0.3 is 0 Å². The number of likely N-dealkylation sites (tertiary alicyclic amines) is 1. The molecule has 1 aromatic carbocycles. The van der Waals surface area contributed by atoms with Crippen molar-refractivity contribution < 1.29 is 14.4 Å². The maximum atomic E-state index is 12.7. The Morgan fingerprint density at radius 3 is 2.03 bits per heavy atom. The summed E-state index contributed by atoms with van der Waals surface area (Å²) >= 11 is 0. The predicted octanol–water partition coefficient (Wildman–Crippen LogP) is 3.88. The number of carbonyl (C=O) groups is 3. The fourth-order valence-electron chi connectivity index (χ4n) is 5.28. The van der Waals surface area contributed by atoms with Crippen molar-refractivity contribution in [3.05, 3.63) is 35.4 Å². The number of nitrogens with zero attached hydrogens (tertiary/aromatic N) is 1. The lowest BCUT2D eigenvalue weighted by Gasteiger charge is -2.34. The Labute approximate surface area is 173 Å². The molecule has 5 heteroatoms. The molecule has 3 fully saturated rings. The lowest BCUT2D eigenvalue weighted by molar-refractivity contribution is -0.139. The highest BCUT2D eigenvalue weighted by Gasteiger charge is 2.44. The summed E-state index contributed by atoms with van der Waals surface area (Å²) in [4.78, 5) is 38.1. The molecular weight excluding hydrogens is 364 g/mol. The first kappa shape index (κ1) is 20.1. The molecular formula is C24H32N2O3. The number of carbonyl (C=O) groups excluding carboxylic acids is 3. The summed E-state index contributed by atoms with van der Waals surface area (Å²) in [6.45, 7) is 3.16. The summed E-state index contributed by atoms with van der Waals surface area (Å²) in [5.74, 6) is 0.623. The Kier molecular flexibility index (Phi) is 5.75. The highest BCUT2D eigenvalue weighted by molar-refractivity contribution is 6.07. The molecule has 1 aliphatic carbocycles. The monoisotopic (exact) mass is 396 g/mol. The number of imide groups is 1. The summed E-state index contributed by atoms with van der Waals surface area (Å²) in [5.41, 5.74) is 1.98. The molecule has 0 spiro atoms. The quantitative estimate of drug-likeness (QED) is 0.786. The molecule has 2 heterocycles. The largest absolute Gasteiger partial charge is 0.343 e. The zero-order chi connectivity index (χ0) is 20.4. The molecule has 1 unspecified atom stereocenters. The van der Waals surface area contributed by atoms with Gasteiger partial charge in [0.25, 0.3) is 0 Å². The third-order valence-electron chi connectivity index (χ3n) is 7.23. The normalized spacial score (nSPS) is 26.6. The molecule has 2 saturated heterocycles. The van der Waals surface area contributed by atoms with Crippen LogP contribution in [0.15, 0.2) is 24.3 Å². The summed E-state index contributed by atoms with van der Waals surface area (Å²) in [7, 11) is 0. The van der Waals surface area contributed by atoms with Gasteiger partial charge in [0.1, 0.15) is 0 Å². The van der Waals surface area contributed by atoms with Crippen LogP contribution in [0.4, 0.5) is 0 Å². The summed E-state index contributed by atoms with van der Waals surface area (Å²) in [6, 6.07) is 9.22. The average Bonchev–Trinajstić information content (AvgIpc) is 2.99. The van der Waals surface area contributed by atoms with E-state index in [4.69, 9.17) is 0 Å². The van der Waals surface area contributed by atoms with E-state index >= 15 is 0 Å². The van der Waals surface area contributed by atoms with E-state index in [9.17, 15) is 14.4 Å². The average molecular weight is 397 g/mol. The van der Waals surface area contributed by atoms with Gasteiger partial charge in [0, 0.05) is 25.9 Å². The van der Waals surface area contributed by atoms with Crippen molar-refractivity contribution in [3.8, 4) is 0 Å². The van der Waals surface area contributed by atoms with Crippen molar-refractivity contribution >= 4 is 17.7 Å². The van der Waals surface area contributed by atoms with Gasteiger partial charge in [0.2, 0.25) is 17.7 Å². The van der Waals surface area contributed by atoms with E-state index in [1.54, 1.807) is 6.92 Å². The number of piperidine rings is 1. The number of benzene rings is 1. The second-order valence-electron chi connectivity index (χ2n) is 9.45. The molecule has 1 saturated carbocycles. The van der Waals surface area contributed by atoms with E-state index < -0.39 is 5.41 Å². The van der Waals surface area contributed by atoms with Gasteiger partial charge in [-0.25, -0.2) is 0 Å². The van der Waals surface area contributed by atoms with Crippen LogP contribution in [0.1, 0.15) is 87.7 Å². The van der Waals surface area contributed by atoms with Crippen LogP contribution in [0.3, 0.4) is 0 Å². The van der Waals surface area contributed by atoms with Gasteiger partial charge in [0.15, 0.2) is 0 Å². The van der Waals surface area contributed by atoms with Crippen LogP contribution in [-0.4, -0.2) is 35.7 Å². The van der Waals surface area contributed by atoms with E-state index in [-0.39, 0.29) is 30.6 Å². The number of hydrogen-bond acceptors (Lipinski definition) is 3. The van der Waals surface area contributed by atoms with Crippen molar-refractivity contribution in [2.24, 2.45) is 5.41 Å². The molecule has 3 amide bonds.